The van der Waals surface area contributed by atoms with Crippen molar-refractivity contribution in [2.45, 2.75) is 18.7 Å². The summed E-state index contributed by atoms with van der Waals surface area (Å²) in [6.45, 7) is 5.49. The van der Waals surface area contributed by atoms with Crippen molar-refractivity contribution in [1.29, 1.82) is 0 Å². The topological polar surface area (TPSA) is 72.9 Å². The Morgan fingerprint density at radius 3 is 2.20 bits per heavy atom. The summed E-state index contributed by atoms with van der Waals surface area (Å²) < 4.78 is 35.2. The SMILES string of the molecule is CCN(CC)c1ccc(C=O)c(OS(=O)(=O)c2ccc(OC)cc2)c1. The average Bonchev–Trinajstić information content (AvgIpc) is 2.63. The highest BCUT2D eigenvalue weighted by molar-refractivity contribution is 7.87. The Kier molecular flexibility index (Phi) is 6.03. The second-order valence-corrected chi connectivity index (χ2v) is 6.77. The molecule has 2 aromatic rings. The van der Waals surface area contributed by atoms with Crippen molar-refractivity contribution in [1.82, 2.24) is 0 Å². The molecule has 0 aliphatic rings. The molecule has 2 rings (SSSR count). The first kappa shape index (κ1) is 18.8. The standard InChI is InChI=1S/C18H21NO5S/c1-4-19(5-2)15-7-6-14(13-20)18(12-15)24-25(21,22)17-10-8-16(23-3)9-11-17/h6-13H,4-5H2,1-3H3. The van der Waals surface area contributed by atoms with Crippen molar-refractivity contribution in [2.75, 3.05) is 25.1 Å². The molecule has 0 radical (unpaired) electrons. The summed E-state index contributed by atoms with van der Waals surface area (Å²) in [5, 5.41) is 0. The summed E-state index contributed by atoms with van der Waals surface area (Å²) in [4.78, 5) is 13.3. The van der Waals surface area contributed by atoms with Gasteiger partial charge in [-0.25, -0.2) is 0 Å². The quantitative estimate of drug-likeness (QED) is 0.530. The van der Waals surface area contributed by atoms with Gasteiger partial charge in [0, 0.05) is 24.8 Å². The number of hydrogen-bond donors (Lipinski definition) is 0. The van der Waals surface area contributed by atoms with Crippen LogP contribution in [0.1, 0.15) is 24.2 Å². The van der Waals surface area contributed by atoms with Crippen LogP contribution in [0.2, 0.25) is 0 Å². The first-order valence-electron chi connectivity index (χ1n) is 7.87. The number of nitrogens with zero attached hydrogens (tertiary/aromatic N) is 1. The number of methoxy groups -OCH3 is 1. The largest absolute Gasteiger partial charge is 0.497 e. The van der Waals surface area contributed by atoms with Crippen LogP contribution in [0.3, 0.4) is 0 Å². The molecular formula is C18H21NO5S. The zero-order valence-corrected chi connectivity index (χ0v) is 15.2. The molecule has 0 saturated heterocycles. The molecule has 0 fully saturated rings. The minimum atomic E-state index is -4.06. The third kappa shape index (κ3) is 4.30. The number of ether oxygens (including phenoxy) is 1. The minimum absolute atomic E-state index is 0.00946. The molecule has 0 aliphatic carbocycles. The summed E-state index contributed by atoms with van der Waals surface area (Å²) in [7, 11) is -2.56. The summed E-state index contributed by atoms with van der Waals surface area (Å²) in [5.74, 6) is 0.547. The molecule has 2 aromatic carbocycles. The minimum Gasteiger partial charge on any atom is -0.497 e. The maximum absolute atomic E-state index is 12.5. The summed E-state index contributed by atoms with van der Waals surface area (Å²) in [6, 6.07) is 10.7. The van der Waals surface area contributed by atoms with Gasteiger partial charge in [0.05, 0.1) is 12.7 Å². The fraction of sp³-hybridized carbons (Fsp3) is 0.278. The monoisotopic (exact) mass is 363 g/mol. The van der Waals surface area contributed by atoms with Crippen molar-refractivity contribution in [3.63, 3.8) is 0 Å². The van der Waals surface area contributed by atoms with Crippen LogP contribution in [-0.4, -0.2) is 34.9 Å². The number of rotatable bonds is 8. The fourth-order valence-corrected chi connectivity index (χ4v) is 3.33. The molecule has 6 nitrogen and oxygen atoms in total. The molecule has 0 unspecified atom stereocenters. The highest BCUT2D eigenvalue weighted by Crippen LogP contribution is 2.28. The first-order valence-corrected chi connectivity index (χ1v) is 9.28. The Morgan fingerprint density at radius 2 is 1.68 bits per heavy atom. The van der Waals surface area contributed by atoms with E-state index >= 15 is 0 Å². The summed E-state index contributed by atoms with van der Waals surface area (Å²) in [5.41, 5.74) is 0.962. The van der Waals surface area contributed by atoms with E-state index in [1.54, 1.807) is 18.2 Å². The number of aldehydes is 1. The average molecular weight is 363 g/mol. The molecule has 0 N–H and O–H groups in total. The Labute approximate surface area is 148 Å². The van der Waals surface area contributed by atoms with E-state index in [2.05, 4.69) is 0 Å². The van der Waals surface area contributed by atoms with Gasteiger partial charge >= 0.3 is 10.1 Å². The molecular weight excluding hydrogens is 342 g/mol. The predicted octanol–water partition coefficient (Wildman–Crippen LogP) is 3.12. The van der Waals surface area contributed by atoms with E-state index in [1.165, 1.54) is 31.4 Å². The second kappa shape index (κ2) is 8.02. The van der Waals surface area contributed by atoms with Gasteiger partial charge in [0.15, 0.2) is 12.0 Å². The van der Waals surface area contributed by atoms with Crippen molar-refractivity contribution in [3.05, 3.63) is 48.0 Å². The van der Waals surface area contributed by atoms with Crippen LogP contribution >= 0.6 is 0 Å². The van der Waals surface area contributed by atoms with Crippen LogP contribution in [0.25, 0.3) is 0 Å². The van der Waals surface area contributed by atoms with Crippen LogP contribution in [0.4, 0.5) is 5.69 Å². The fourth-order valence-electron chi connectivity index (χ4n) is 2.39. The first-order chi connectivity index (χ1) is 11.9. The predicted molar refractivity (Wildman–Crippen MR) is 96.2 cm³/mol. The lowest BCUT2D eigenvalue weighted by atomic mass is 10.2. The molecule has 0 amide bonds. The number of anilines is 1. The molecule has 0 aromatic heterocycles. The van der Waals surface area contributed by atoms with Gasteiger partial charge < -0.3 is 13.8 Å². The number of benzene rings is 2. The molecule has 0 aliphatic heterocycles. The van der Waals surface area contributed by atoms with Gasteiger partial charge in [-0.05, 0) is 50.2 Å². The van der Waals surface area contributed by atoms with E-state index in [0.29, 0.717) is 12.0 Å². The zero-order valence-electron chi connectivity index (χ0n) is 14.4. The molecule has 0 heterocycles. The smallest absolute Gasteiger partial charge is 0.339 e. The van der Waals surface area contributed by atoms with Crippen LogP contribution < -0.4 is 13.8 Å². The highest BCUT2D eigenvalue weighted by atomic mass is 32.2. The van der Waals surface area contributed by atoms with Gasteiger partial charge in [0.1, 0.15) is 10.6 Å². The lowest BCUT2D eigenvalue weighted by molar-refractivity contribution is 0.112. The summed E-state index contributed by atoms with van der Waals surface area (Å²) in [6.07, 6.45) is 0.574. The third-order valence-electron chi connectivity index (χ3n) is 3.80. The molecule has 134 valence electrons. The Balaban J connectivity index is 2.39. The molecule has 0 saturated carbocycles. The van der Waals surface area contributed by atoms with E-state index in [9.17, 15) is 13.2 Å². The summed E-state index contributed by atoms with van der Waals surface area (Å²) >= 11 is 0. The maximum atomic E-state index is 12.5. The highest BCUT2D eigenvalue weighted by Gasteiger charge is 2.19. The third-order valence-corrected chi connectivity index (χ3v) is 5.05. The Hall–Kier alpha value is -2.54. The van der Waals surface area contributed by atoms with Crippen LogP contribution in [0.5, 0.6) is 11.5 Å². The van der Waals surface area contributed by atoms with Crippen molar-refractivity contribution < 1.29 is 22.1 Å². The van der Waals surface area contributed by atoms with Crippen LogP contribution in [0, 0.1) is 0 Å². The van der Waals surface area contributed by atoms with Gasteiger partial charge in [-0.2, -0.15) is 8.42 Å². The van der Waals surface area contributed by atoms with Crippen molar-refractivity contribution >= 4 is 22.1 Å². The van der Waals surface area contributed by atoms with Crippen molar-refractivity contribution in [2.24, 2.45) is 0 Å². The molecule has 25 heavy (non-hydrogen) atoms. The van der Waals surface area contributed by atoms with E-state index in [1.807, 2.05) is 18.7 Å². The van der Waals surface area contributed by atoms with E-state index in [4.69, 9.17) is 8.92 Å². The van der Waals surface area contributed by atoms with E-state index in [-0.39, 0.29) is 16.2 Å². The van der Waals surface area contributed by atoms with Gasteiger partial charge in [-0.15, -0.1) is 0 Å². The van der Waals surface area contributed by atoms with Crippen LogP contribution in [-0.2, 0) is 10.1 Å². The normalized spacial score (nSPS) is 11.0. The van der Waals surface area contributed by atoms with Crippen molar-refractivity contribution in [3.8, 4) is 11.5 Å². The number of hydrogen-bond acceptors (Lipinski definition) is 6. The van der Waals surface area contributed by atoms with Crippen LogP contribution in [0.15, 0.2) is 47.4 Å². The molecule has 0 spiro atoms. The van der Waals surface area contributed by atoms with E-state index in [0.717, 1.165) is 18.8 Å². The van der Waals surface area contributed by atoms with Gasteiger partial charge in [-0.3, -0.25) is 4.79 Å². The number of carbonyl (C=O) groups excluding carboxylic acids is 1. The lowest BCUT2D eigenvalue weighted by Gasteiger charge is -2.22. The maximum Gasteiger partial charge on any atom is 0.339 e. The van der Waals surface area contributed by atoms with Gasteiger partial charge in [0.25, 0.3) is 0 Å². The Morgan fingerprint density at radius 1 is 1.04 bits per heavy atom. The lowest BCUT2D eigenvalue weighted by Crippen LogP contribution is -2.22. The molecule has 0 bridgehead atoms. The zero-order chi connectivity index (χ0) is 18.4. The molecule has 0 atom stereocenters. The number of carbonyl (C=O) groups is 1. The van der Waals surface area contributed by atoms with Gasteiger partial charge in [-0.1, -0.05) is 0 Å². The van der Waals surface area contributed by atoms with E-state index < -0.39 is 10.1 Å². The van der Waals surface area contributed by atoms with Gasteiger partial charge in [0.2, 0.25) is 0 Å². The second-order valence-electron chi connectivity index (χ2n) is 5.23. The Bertz CT molecular complexity index is 827. The molecule has 7 heteroatoms.